The third-order valence-electron chi connectivity index (χ3n) is 4.83. The number of carbonyl (C=O) groups is 1. The van der Waals surface area contributed by atoms with Crippen LogP contribution >= 0.6 is 0 Å². The molecule has 0 radical (unpaired) electrons. The van der Waals surface area contributed by atoms with Gasteiger partial charge < -0.3 is 9.84 Å². The molecule has 0 saturated carbocycles. The number of hydrogen-bond acceptors (Lipinski definition) is 3. The molecule has 0 atom stereocenters. The third-order valence-corrected chi connectivity index (χ3v) is 4.83. The molecule has 134 valence electrons. The van der Waals surface area contributed by atoms with E-state index in [1.54, 1.807) is 0 Å². The van der Waals surface area contributed by atoms with Crippen molar-refractivity contribution in [3.05, 3.63) is 52.6 Å². The number of methoxy groups -OCH3 is 1. The fraction of sp³-hybridized carbons (Fsp3) is 0.409. The van der Waals surface area contributed by atoms with Crippen LogP contribution in [-0.4, -0.2) is 18.2 Å². The van der Waals surface area contributed by atoms with E-state index in [1.165, 1.54) is 20.0 Å². The first-order valence-electron chi connectivity index (χ1n) is 9.01. The molecular weight excluding hydrogens is 312 g/mol. The molecule has 0 unspecified atom stereocenters. The Morgan fingerprint density at radius 3 is 2.32 bits per heavy atom. The van der Waals surface area contributed by atoms with E-state index in [-0.39, 0.29) is 11.3 Å². The van der Waals surface area contributed by atoms with E-state index in [9.17, 15) is 9.90 Å². The first kappa shape index (κ1) is 19.0. The van der Waals surface area contributed by atoms with Gasteiger partial charge in [0.05, 0.1) is 7.11 Å². The Morgan fingerprint density at radius 1 is 1.04 bits per heavy atom. The molecule has 0 spiro atoms. The Labute approximate surface area is 150 Å². The van der Waals surface area contributed by atoms with Gasteiger partial charge in [0.2, 0.25) is 0 Å². The lowest BCUT2D eigenvalue weighted by Gasteiger charge is -2.20. The Bertz CT molecular complexity index is 733. The normalized spacial score (nSPS) is 10.7. The van der Waals surface area contributed by atoms with Gasteiger partial charge in [-0.1, -0.05) is 56.5 Å². The molecule has 2 aromatic rings. The van der Waals surface area contributed by atoms with Gasteiger partial charge in [-0.2, -0.15) is 0 Å². The number of phenolic OH excluding ortho intramolecular Hbond substituents is 1. The quantitative estimate of drug-likeness (QED) is 0.528. The van der Waals surface area contributed by atoms with Crippen LogP contribution in [0, 0.1) is 13.8 Å². The summed E-state index contributed by atoms with van der Waals surface area (Å²) in [5, 5.41) is 10.8. The maximum absolute atomic E-state index is 12.3. The molecule has 0 fully saturated rings. The molecule has 3 nitrogen and oxygen atoms in total. The average Bonchev–Trinajstić information content (AvgIpc) is 2.61. The Morgan fingerprint density at radius 2 is 1.72 bits per heavy atom. The Kier molecular flexibility index (Phi) is 6.63. The van der Waals surface area contributed by atoms with E-state index >= 15 is 0 Å². The molecule has 0 amide bonds. The highest BCUT2D eigenvalue weighted by atomic mass is 16.5. The summed E-state index contributed by atoms with van der Waals surface area (Å²) in [5.74, 6) is -0.403. The summed E-state index contributed by atoms with van der Waals surface area (Å²) in [6.45, 7) is 6.09. The van der Waals surface area contributed by atoms with Gasteiger partial charge in [-0.25, -0.2) is 4.79 Å². The van der Waals surface area contributed by atoms with Crippen LogP contribution in [0.5, 0.6) is 5.75 Å². The van der Waals surface area contributed by atoms with E-state index in [4.69, 9.17) is 4.74 Å². The van der Waals surface area contributed by atoms with Crippen LogP contribution in [0.1, 0.15) is 59.7 Å². The van der Waals surface area contributed by atoms with Crippen LogP contribution in [0.25, 0.3) is 11.1 Å². The molecule has 25 heavy (non-hydrogen) atoms. The molecule has 0 aromatic heterocycles. The lowest BCUT2D eigenvalue weighted by molar-refractivity contribution is 0.0596. The summed E-state index contributed by atoms with van der Waals surface area (Å²) in [7, 11) is 1.35. The second-order valence-electron chi connectivity index (χ2n) is 6.50. The van der Waals surface area contributed by atoms with Crippen molar-refractivity contribution < 1.29 is 14.6 Å². The first-order chi connectivity index (χ1) is 12.0. The zero-order valence-electron chi connectivity index (χ0n) is 15.7. The Balaban J connectivity index is 2.60. The van der Waals surface area contributed by atoms with E-state index in [1.807, 2.05) is 44.2 Å². The van der Waals surface area contributed by atoms with Crippen LogP contribution in [0.2, 0.25) is 0 Å². The van der Waals surface area contributed by atoms with Gasteiger partial charge in [0.25, 0.3) is 0 Å². The predicted octanol–water partition coefficient (Wildman–Crippen LogP) is 5.59. The second kappa shape index (κ2) is 8.70. The van der Waals surface area contributed by atoms with Gasteiger partial charge in [0, 0.05) is 0 Å². The SMILES string of the molecule is CCCCCCc1c(C)c(-c2ccccc2)c(C)c(C(=O)OC)c1O. The number of unbranched alkanes of at least 4 members (excludes halogenated alkanes) is 3. The van der Waals surface area contributed by atoms with E-state index in [2.05, 4.69) is 6.92 Å². The van der Waals surface area contributed by atoms with Crippen molar-refractivity contribution in [2.75, 3.05) is 7.11 Å². The fourth-order valence-corrected chi connectivity index (χ4v) is 3.49. The maximum atomic E-state index is 12.3. The minimum Gasteiger partial charge on any atom is -0.507 e. The number of phenols is 1. The van der Waals surface area contributed by atoms with E-state index < -0.39 is 5.97 Å². The largest absolute Gasteiger partial charge is 0.507 e. The van der Waals surface area contributed by atoms with Crippen LogP contribution in [-0.2, 0) is 11.2 Å². The zero-order chi connectivity index (χ0) is 18.4. The van der Waals surface area contributed by atoms with Crippen LogP contribution in [0.4, 0.5) is 0 Å². The summed E-state index contributed by atoms with van der Waals surface area (Å²) >= 11 is 0. The highest BCUT2D eigenvalue weighted by Crippen LogP contribution is 2.39. The number of ether oxygens (including phenoxy) is 1. The summed E-state index contributed by atoms with van der Waals surface area (Å²) in [6.07, 6.45) is 5.24. The molecule has 3 heteroatoms. The number of hydrogen-bond donors (Lipinski definition) is 1. The standard InChI is InChI=1S/C22H28O3/c1-5-6-7-11-14-18-15(2)19(17-12-9-8-10-13-17)16(3)20(21(18)23)22(24)25-4/h8-10,12-13,23H,5-7,11,14H2,1-4H3. The molecular formula is C22H28O3. The molecule has 0 saturated heterocycles. The van der Waals surface area contributed by atoms with E-state index in [0.717, 1.165) is 47.1 Å². The number of esters is 1. The summed E-state index contributed by atoms with van der Waals surface area (Å²) in [4.78, 5) is 12.3. The summed E-state index contributed by atoms with van der Waals surface area (Å²) < 4.78 is 4.93. The van der Waals surface area contributed by atoms with Gasteiger partial charge in [0.15, 0.2) is 0 Å². The van der Waals surface area contributed by atoms with Crippen LogP contribution < -0.4 is 0 Å². The van der Waals surface area contributed by atoms with Crippen LogP contribution in [0.3, 0.4) is 0 Å². The lowest BCUT2D eigenvalue weighted by atomic mass is 9.86. The molecule has 2 rings (SSSR count). The van der Waals surface area contributed by atoms with Crippen molar-refractivity contribution >= 4 is 5.97 Å². The van der Waals surface area contributed by atoms with Crippen molar-refractivity contribution in [2.24, 2.45) is 0 Å². The molecule has 0 aliphatic heterocycles. The molecule has 0 aliphatic carbocycles. The fourth-order valence-electron chi connectivity index (χ4n) is 3.49. The van der Waals surface area contributed by atoms with Crippen molar-refractivity contribution in [2.45, 2.75) is 52.9 Å². The van der Waals surface area contributed by atoms with Crippen molar-refractivity contribution in [1.29, 1.82) is 0 Å². The van der Waals surface area contributed by atoms with Crippen molar-refractivity contribution in [3.63, 3.8) is 0 Å². The van der Waals surface area contributed by atoms with Gasteiger partial charge in [0.1, 0.15) is 11.3 Å². The predicted molar refractivity (Wildman–Crippen MR) is 102 cm³/mol. The summed E-state index contributed by atoms with van der Waals surface area (Å²) in [6, 6.07) is 10.0. The van der Waals surface area contributed by atoms with Crippen molar-refractivity contribution in [3.8, 4) is 16.9 Å². The average molecular weight is 340 g/mol. The number of rotatable bonds is 7. The maximum Gasteiger partial charge on any atom is 0.341 e. The highest BCUT2D eigenvalue weighted by molar-refractivity contribution is 5.98. The molecule has 1 N–H and O–H groups in total. The van der Waals surface area contributed by atoms with E-state index in [0.29, 0.717) is 0 Å². The van der Waals surface area contributed by atoms with Gasteiger partial charge in [-0.05, 0) is 54.5 Å². The van der Waals surface area contributed by atoms with Crippen molar-refractivity contribution in [1.82, 2.24) is 0 Å². The molecule has 2 aromatic carbocycles. The number of aromatic hydroxyl groups is 1. The number of carbonyl (C=O) groups excluding carboxylic acids is 1. The minimum absolute atomic E-state index is 0.0815. The smallest absolute Gasteiger partial charge is 0.341 e. The van der Waals surface area contributed by atoms with Gasteiger partial charge >= 0.3 is 5.97 Å². The van der Waals surface area contributed by atoms with Crippen LogP contribution in [0.15, 0.2) is 30.3 Å². The first-order valence-corrected chi connectivity index (χ1v) is 9.01. The van der Waals surface area contributed by atoms with Gasteiger partial charge in [-0.3, -0.25) is 0 Å². The molecule has 0 bridgehead atoms. The monoisotopic (exact) mass is 340 g/mol. The Hall–Kier alpha value is -2.29. The molecule has 0 aliphatic rings. The minimum atomic E-state index is -0.484. The summed E-state index contributed by atoms with van der Waals surface area (Å²) in [5.41, 5.74) is 5.04. The third kappa shape index (κ3) is 4.04. The lowest BCUT2D eigenvalue weighted by Crippen LogP contribution is -2.09. The topological polar surface area (TPSA) is 46.5 Å². The highest BCUT2D eigenvalue weighted by Gasteiger charge is 2.24. The second-order valence-corrected chi connectivity index (χ2v) is 6.50. The van der Waals surface area contributed by atoms with Gasteiger partial charge in [-0.15, -0.1) is 0 Å². The zero-order valence-corrected chi connectivity index (χ0v) is 15.7. The number of benzene rings is 2. The molecule has 0 heterocycles.